The number of aryl methyl sites for hydroxylation is 1. The van der Waals surface area contributed by atoms with Crippen LogP contribution >= 0.6 is 0 Å². The van der Waals surface area contributed by atoms with Gasteiger partial charge in [0, 0.05) is 6.99 Å². The Kier molecular flexibility index (Phi) is 6.18. The highest BCUT2D eigenvalue weighted by Gasteiger charge is 2.20. The number of amides is 1. The fourth-order valence-electron chi connectivity index (χ4n) is 1.66. The Labute approximate surface area is 120 Å². The number of ether oxygens (including phenoxy) is 1. The van der Waals surface area contributed by atoms with Gasteiger partial charge in [-0.15, -0.1) is 0 Å². The number of aliphatic hydroxyl groups excluding tert-OH is 1. The Hall–Kier alpha value is -1.88. The lowest BCUT2D eigenvalue weighted by molar-refractivity contribution is -0.145. The lowest BCUT2D eigenvalue weighted by Gasteiger charge is -2.19. The second kappa shape index (κ2) is 7.65. The summed E-state index contributed by atoms with van der Waals surface area (Å²) in [4.78, 5) is 23.2. The van der Waals surface area contributed by atoms with Crippen LogP contribution in [0, 0.1) is 6.92 Å². The molecule has 0 saturated heterocycles. The second-order valence-corrected chi connectivity index (χ2v) is 4.70. The SMILES string of the molecule is CCOC(=O)CC(O)C(C)NC(=O)c1ccc(C)cc1.[HH]. The molecular formula is C15H23NO4. The number of nitrogens with one attached hydrogen (secondary N) is 1. The van der Waals surface area contributed by atoms with Gasteiger partial charge in [0.25, 0.3) is 5.91 Å². The summed E-state index contributed by atoms with van der Waals surface area (Å²) in [5.41, 5.74) is 1.59. The molecule has 0 spiro atoms. The quantitative estimate of drug-likeness (QED) is 0.778. The molecule has 2 atom stereocenters. The van der Waals surface area contributed by atoms with E-state index in [1.807, 2.05) is 19.1 Å². The number of hydrogen-bond acceptors (Lipinski definition) is 4. The van der Waals surface area contributed by atoms with Crippen molar-refractivity contribution in [3.8, 4) is 0 Å². The van der Waals surface area contributed by atoms with Crippen LogP contribution in [0.5, 0.6) is 0 Å². The van der Waals surface area contributed by atoms with Crippen molar-refractivity contribution in [2.45, 2.75) is 39.3 Å². The van der Waals surface area contributed by atoms with E-state index in [1.165, 1.54) is 0 Å². The third-order valence-electron chi connectivity index (χ3n) is 2.93. The zero-order valence-corrected chi connectivity index (χ0v) is 12.1. The van der Waals surface area contributed by atoms with Gasteiger partial charge in [-0.3, -0.25) is 9.59 Å². The topological polar surface area (TPSA) is 75.6 Å². The van der Waals surface area contributed by atoms with Gasteiger partial charge in [-0.2, -0.15) is 0 Å². The van der Waals surface area contributed by atoms with Crippen LogP contribution in [0.15, 0.2) is 24.3 Å². The predicted molar refractivity (Wildman–Crippen MR) is 77.5 cm³/mol. The van der Waals surface area contributed by atoms with Gasteiger partial charge >= 0.3 is 5.97 Å². The van der Waals surface area contributed by atoms with Gasteiger partial charge in [-0.05, 0) is 32.9 Å². The Morgan fingerprint density at radius 3 is 2.50 bits per heavy atom. The summed E-state index contributed by atoms with van der Waals surface area (Å²) in [6, 6.07) is 6.58. The zero-order chi connectivity index (χ0) is 15.1. The van der Waals surface area contributed by atoms with E-state index in [4.69, 9.17) is 4.74 Å². The molecule has 1 aromatic rings. The number of hydrogen-bond donors (Lipinski definition) is 2. The first-order chi connectivity index (χ1) is 9.43. The minimum absolute atomic E-state index is 0. The van der Waals surface area contributed by atoms with Crippen LogP contribution in [0.3, 0.4) is 0 Å². The summed E-state index contributed by atoms with van der Waals surface area (Å²) < 4.78 is 4.75. The summed E-state index contributed by atoms with van der Waals surface area (Å²) in [6.07, 6.45) is -1.10. The zero-order valence-electron chi connectivity index (χ0n) is 12.1. The molecule has 0 fully saturated rings. The molecule has 0 saturated carbocycles. The summed E-state index contributed by atoms with van der Waals surface area (Å²) in [6.45, 7) is 5.56. The van der Waals surface area contributed by atoms with E-state index in [2.05, 4.69) is 5.32 Å². The number of aliphatic hydroxyl groups is 1. The average Bonchev–Trinajstić information content (AvgIpc) is 2.39. The molecule has 112 valence electrons. The Morgan fingerprint density at radius 2 is 1.95 bits per heavy atom. The van der Waals surface area contributed by atoms with E-state index >= 15 is 0 Å². The second-order valence-electron chi connectivity index (χ2n) is 4.70. The van der Waals surface area contributed by atoms with E-state index in [9.17, 15) is 14.7 Å². The van der Waals surface area contributed by atoms with Crippen molar-refractivity contribution in [2.24, 2.45) is 0 Å². The van der Waals surface area contributed by atoms with Crippen molar-refractivity contribution in [3.05, 3.63) is 35.4 Å². The van der Waals surface area contributed by atoms with Gasteiger partial charge < -0.3 is 15.2 Å². The summed E-state index contributed by atoms with van der Waals surface area (Å²) in [5.74, 6) is -0.753. The van der Waals surface area contributed by atoms with Crippen molar-refractivity contribution >= 4 is 11.9 Å². The first kappa shape index (κ1) is 16.2. The summed E-state index contributed by atoms with van der Waals surface area (Å²) in [7, 11) is 0. The third kappa shape index (κ3) is 5.01. The van der Waals surface area contributed by atoms with Crippen LogP contribution in [0.1, 0.15) is 37.6 Å². The van der Waals surface area contributed by atoms with Gasteiger partial charge in [0.05, 0.1) is 25.2 Å². The summed E-state index contributed by atoms with van der Waals surface area (Å²) >= 11 is 0. The van der Waals surface area contributed by atoms with E-state index in [0.717, 1.165) is 5.56 Å². The highest BCUT2D eigenvalue weighted by atomic mass is 16.5. The monoisotopic (exact) mass is 281 g/mol. The number of carbonyl (C=O) groups excluding carboxylic acids is 2. The molecule has 20 heavy (non-hydrogen) atoms. The van der Waals surface area contributed by atoms with Crippen LogP contribution in [0.25, 0.3) is 0 Å². The van der Waals surface area contributed by atoms with E-state index < -0.39 is 18.1 Å². The van der Waals surface area contributed by atoms with Crippen LogP contribution < -0.4 is 5.32 Å². The number of esters is 1. The maximum absolute atomic E-state index is 11.9. The molecule has 0 aromatic heterocycles. The normalized spacial score (nSPS) is 13.4. The maximum Gasteiger partial charge on any atom is 0.308 e. The minimum atomic E-state index is -0.969. The average molecular weight is 281 g/mol. The van der Waals surface area contributed by atoms with Gasteiger partial charge in [-0.1, -0.05) is 17.7 Å². The van der Waals surface area contributed by atoms with Gasteiger partial charge in [0.1, 0.15) is 0 Å². The Balaban J connectivity index is 0.00000400. The highest BCUT2D eigenvalue weighted by Crippen LogP contribution is 2.06. The maximum atomic E-state index is 11.9. The van der Waals surface area contributed by atoms with Crippen molar-refractivity contribution in [2.75, 3.05) is 6.61 Å². The summed E-state index contributed by atoms with van der Waals surface area (Å²) in [5, 5.41) is 12.5. The third-order valence-corrected chi connectivity index (χ3v) is 2.93. The van der Waals surface area contributed by atoms with E-state index in [1.54, 1.807) is 26.0 Å². The van der Waals surface area contributed by atoms with Crippen molar-refractivity contribution in [1.29, 1.82) is 0 Å². The number of rotatable bonds is 6. The Morgan fingerprint density at radius 1 is 1.35 bits per heavy atom. The number of benzene rings is 1. The van der Waals surface area contributed by atoms with Gasteiger partial charge in [-0.25, -0.2) is 0 Å². The fourth-order valence-corrected chi connectivity index (χ4v) is 1.66. The standard InChI is InChI=1S/C15H21NO4.H2/c1-4-20-14(18)9-13(17)11(3)16-15(19)12-7-5-10(2)6-8-12;/h5-8,11,13,17H,4,9H2,1-3H3,(H,16,19);1H. The van der Waals surface area contributed by atoms with Crippen LogP contribution in [-0.2, 0) is 9.53 Å². The smallest absolute Gasteiger partial charge is 0.308 e. The van der Waals surface area contributed by atoms with E-state index in [0.29, 0.717) is 5.56 Å². The largest absolute Gasteiger partial charge is 0.466 e. The molecule has 1 amide bonds. The van der Waals surface area contributed by atoms with Crippen LogP contribution in [0.2, 0.25) is 0 Å². The van der Waals surface area contributed by atoms with Crippen molar-refractivity contribution in [1.82, 2.24) is 5.32 Å². The lowest BCUT2D eigenvalue weighted by atomic mass is 10.1. The first-order valence-corrected chi connectivity index (χ1v) is 6.65. The highest BCUT2D eigenvalue weighted by molar-refractivity contribution is 5.94. The Bertz CT molecular complexity index is 461. The van der Waals surface area contributed by atoms with Crippen LogP contribution in [0.4, 0.5) is 0 Å². The molecule has 0 aliphatic carbocycles. The predicted octanol–water partition coefficient (Wildman–Crippen LogP) is 1.67. The van der Waals surface area contributed by atoms with Gasteiger partial charge in [0.15, 0.2) is 0 Å². The molecule has 0 aliphatic rings. The fraction of sp³-hybridized carbons (Fsp3) is 0.467. The molecule has 0 aliphatic heterocycles. The van der Waals surface area contributed by atoms with Gasteiger partial charge in [0.2, 0.25) is 0 Å². The first-order valence-electron chi connectivity index (χ1n) is 6.65. The molecule has 2 N–H and O–H groups in total. The molecule has 0 radical (unpaired) electrons. The molecule has 0 heterocycles. The molecule has 2 unspecified atom stereocenters. The number of carbonyl (C=O) groups is 2. The molecule has 1 aromatic carbocycles. The van der Waals surface area contributed by atoms with Crippen molar-refractivity contribution in [3.63, 3.8) is 0 Å². The van der Waals surface area contributed by atoms with E-state index in [-0.39, 0.29) is 20.4 Å². The molecule has 5 nitrogen and oxygen atoms in total. The molecular weight excluding hydrogens is 258 g/mol. The molecule has 0 bridgehead atoms. The molecule has 1 rings (SSSR count). The van der Waals surface area contributed by atoms with Crippen molar-refractivity contribution < 1.29 is 20.9 Å². The minimum Gasteiger partial charge on any atom is -0.466 e. The van der Waals surface area contributed by atoms with Crippen LogP contribution in [-0.4, -0.2) is 35.7 Å². The lowest BCUT2D eigenvalue weighted by Crippen LogP contribution is -2.42. The molecule has 5 heteroatoms.